The lowest BCUT2D eigenvalue weighted by atomic mass is 10.1. The monoisotopic (exact) mass is 272 g/mol. The van der Waals surface area contributed by atoms with Crippen LogP contribution in [0.15, 0.2) is 18.2 Å². The van der Waals surface area contributed by atoms with Gasteiger partial charge in [-0.15, -0.1) is 6.42 Å². The second kappa shape index (κ2) is 4.89. The molecular weight excluding hydrogens is 256 g/mol. The molecule has 2 N–H and O–H groups in total. The van der Waals surface area contributed by atoms with Gasteiger partial charge < -0.3 is 15.3 Å². The Morgan fingerprint density at radius 1 is 1.35 bits per heavy atom. The van der Waals surface area contributed by atoms with Crippen LogP contribution in [-0.4, -0.2) is 27.5 Å². The van der Waals surface area contributed by atoms with E-state index < -0.39 is 11.5 Å². The molecule has 1 aliphatic rings. The van der Waals surface area contributed by atoms with Crippen molar-refractivity contribution in [1.29, 1.82) is 0 Å². The fraction of sp³-hybridized carbons (Fsp3) is 0.333. The van der Waals surface area contributed by atoms with Crippen molar-refractivity contribution in [2.45, 2.75) is 32.5 Å². The van der Waals surface area contributed by atoms with Gasteiger partial charge in [-0.2, -0.15) is 0 Å². The summed E-state index contributed by atoms with van der Waals surface area (Å²) in [5, 5.41) is 11.7. The van der Waals surface area contributed by atoms with Gasteiger partial charge in [-0.3, -0.25) is 0 Å². The zero-order valence-electron chi connectivity index (χ0n) is 11.4. The molecule has 20 heavy (non-hydrogen) atoms. The van der Waals surface area contributed by atoms with Crippen molar-refractivity contribution < 1.29 is 14.7 Å². The summed E-state index contributed by atoms with van der Waals surface area (Å²) in [5.74, 6) is 1.54. The first-order valence-corrected chi connectivity index (χ1v) is 6.22. The SMILES string of the molecule is C#CC(C)(C)NC(=O)N1Cc2ccc(C(=O)O)cc2C1. The van der Waals surface area contributed by atoms with Crippen molar-refractivity contribution in [2.75, 3.05) is 0 Å². The highest BCUT2D eigenvalue weighted by molar-refractivity contribution is 5.88. The van der Waals surface area contributed by atoms with Crippen LogP contribution in [0, 0.1) is 12.3 Å². The van der Waals surface area contributed by atoms with Crippen LogP contribution in [0.4, 0.5) is 4.79 Å². The Morgan fingerprint density at radius 3 is 2.60 bits per heavy atom. The fourth-order valence-corrected chi connectivity index (χ4v) is 2.05. The highest BCUT2D eigenvalue weighted by atomic mass is 16.4. The van der Waals surface area contributed by atoms with Crippen LogP contribution < -0.4 is 5.32 Å². The number of hydrogen-bond acceptors (Lipinski definition) is 2. The first-order valence-electron chi connectivity index (χ1n) is 6.22. The third-order valence-corrected chi connectivity index (χ3v) is 3.24. The van der Waals surface area contributed by atoms with E-state index >= 15 is 0 Å². The summed E-state index contributed by atoms with van der Waals surface area (Å²) in [4.78, 5) is 24.6. The lowest BCUT2D eigenvalue weighted by molar-refractivity contribution is 0.0696. The van der Waals surface area contributed by atoms with E-state index in [-0.39, 0.29) is 11.6 Å². The Labute approximate surface area is 117 Å². The number of carboxylic acids is 1. The molecule has 0 fully saturated rings. The molecule has 0 saturated heterocycles. The van der Waals surface area contributed by atoms with E-state index in [1.807, 2.05) is 0 Å². The number of nitrogens with zero attached hydrogens (tertiary/aromatic N) is 1. The number of aromatic carboxylic acids is 1. The maximum absolute atomic E-state index is 12.1. The predicted octanol–water partition coefficient (Wildman–Crippen LogP) is 1.82. The van der Waals surface area contributed by atoms with Crippen molar-refractivity contribution in [3.05, 3.63) is 34.9 Å². The third-order valence-electron chi connectivity index (χ3n) is 3.24. The Kier molecular flexibility index (Phi) is 3.41. The number of terminal acetylenes is 1. The average molecular weight is 272 g/mol. The molecule has 0 atom stereocenters. The van der Waals surface area contributed by atoms with E-state index in [4.69, 9.17) is 11.5 Å². The number of benzene rings is 1. The van der Waals surface area contributed by atoms with Crippen LogP contribution in [0.25, 0.3) is 0 Å². The number of carbonyl (C=O) groups excluding carboxylic acids is 1. The molecule has 5 heteroatoms. The Balaban J connectivity index is 2.12. The number of nitrogens with one attached hydrogen (secondary N) is 1. The van der Waals surface area contributed by atoms with Crippen molar-refractivity contribution in [2.24, 2.45) is 0 Å². The fourth-order valence-electron chi connectivity index (χ4n) is 2.05. The van der Waals surface area contributed by atoms with Crippen LogP contribution in [-0.2, 0) is 13.1 Å². The number of carbonyl (C=O) groups is 2. The van der Waals surface area contributed by atoms with Crippen molar-refractivity contribution in [3.63, 3.8) is 0 Å². The summed E-state index contributed by atoms with van der Waals surface area (Å²) in [5.41, 5.74) is 1.34. The van der Waals surface area contributed by atoms with E-state index in [0.717, 1.165) is 11.1 Å². The number of carboxylic acid groups (broad SMARTS) is 1. The van der Waals surface area contributed by atoms with Crippen LogP contribution in [0.2, 0.25) is 0 Å². The molecule has 2 rings (SSSR count). The summed E-state index contributed by atoms with van der Waals surface area (Å²) in [6, 6.07) is 4.66. The van der Waals surface area contributed by atoms with Gasteiger partial charge in [0.1, 0.15) is 0 Å². The number of fused-ring (bicyclic) bond motifs is 1. The molecule has 2 amide bonds. The van der Waals surface area contributed by atoms with Gasteiger partial charge in [0, 0.05) is 13.1 Å². The normalized spacial score (nSPS) is 13.6. The largest absolute Gasteiger partial charge is 0.478 e. The molecule has 1 aromatic carbocycles. The lowest BCUT2D eigenvalue weighted by Crippen LogP contribution is -2.47. The van der Waals surface area contributed by atoms with E-state index in [0.29, 0.717) is 13.1 Å². The topological polar surface area (TPSA) is 69.6 Å². The predicted molar refractivity (Wildman–Crippen MR) is 74.1 cm³/mol. The Bertz CT molecular complexity index is 614. The molecular formula is C15H16N2O3. The molecule has 0 aliphatic carbocycles. The minimum Gasteiger partial charge on any atom is -0.478 e. The number of hydrogen-bond donors (Lipinski definition) is 2. The number of amides is 2. The molecule has 104 valence electrons. The second-order valence-corrected chi connectivity index (χ2v) is 5.34. The van der Waals surface area contributed by atoms with Gasteiger partial charge in [0.25, 0.3) is 0 Å². The summed E-state index contributed by atoms with van der Waals surface area (Å²) in [6.45, 7) is 4.35. The highest BCUT2D eigenvalue weighted by Crippen LogP contribution is 2.24. The van der Waals surface area contributed by atoms with Gasteiger partial charge in [0.05, 0.1) is 11.1 Å². The third kappa shape index (κ3) is 2.75. The van der Waals surface area contributed by atoms with E-state index in [2.05, 4.69) is 11.2 Å². The first kappa shape index (κ1) is 13.9. The molecule has 1 aromatic rings. The van der Waals surface area contributed by atoms with Gasteiger partial charge >= 0.3 is 12.0 Å². The Hall–Kier alpha value is -2.48. The Morgan fingerprint density at radius 2 is 2.00 bits per heavy atom. The highest BCUT2D eigenvalue weighted by Gasteiger charge is 2.27. The number of urea groups is 1. The standard InChI is InChI=1S/C15H16N2O3/c1-4-15(2,3)16-14(20)17-8-11-6-5-10(13(18)19)7-12(11)9-17/h1,5-7H,8-9H2,2-3H3,(H,16,20)(H,18,19). The van der Waals surface area contributed by atoms with E-state index in [1.165, 1.54) is 0 Å². The van der Waals surface area contributed by atoms with Gasteiger partial charge in [-0.25, -0.2) is 9.59 Å². The first-order chi connectivity index (χ1) is 9.32. The number of rotatable bonds is 2. The van der Waals surface area contributed by atoms with Crippen LogP contribution in [0.5, 0.6) is 0 Å². The summed E-state index contributed by atoms with van der Waals surface area (Å²) in [6.07, 6.45) is 5.34. The average Bonchev–Trinajstić information content (AvgIpc) is 2.81. The van der Waals surface area contributed by atoms with Gasteiger partial charge in [-0.1, -0.05) is 12.0 Å². The minimum atomic E-state index is -0.968. The van der Waals surface area contributed by atoms with Crippen molar-refractivity contribution >= 4 is 12.0 Å². The molecule has 0 aromatic heterocycles. The quantitative estimate of drug-likeness (QED) is 0.807. The van der Waals surface area contributed by atoms with Gasteiger partial charge in [0.2, 0.25) is 0 Å². The smallest absolute Gasteiger partial charge is 0.335 e. The van der Waals surface area contributed by atoms with Crippen molar-refractivity contribution in [1.82, 2.24) is 10.2 Å². The molecule has 0 spiro atoms. The second-order valence-electron chi connectivity index (χ2n) is 5.34. The molecule has 1 aliphatic heterocycles. The van der Waals surface area contributed by atoms with Crippen LogP contribution in [0.3, 0.4) is 0 Å². The van der Waals surface area contributed by atoms with Crippen LogP contribution in [0.1, 0.15) is 35.3 Å². The van der Waals surface area contributed by atoms with E-state index in [1.54, 1.807) is 36.9 Å². The maximum atomic E-state index is 12.1. The molecule has 0 unspecified atom stereocenters. The lowest BCUT2D eigenvalue weighted by Gasteiger charge is -2.24. The minimum absolute atomic E-state index is 0.231. The summed E-state index contributed by atoms with van der Waals surface area (Å²) >= 11 is 0. The summed E-state index contributed by atoms with van der Waals surface area (Å²) in [7, 11) is 0. The van der Waals surface area contributed by atoms with Gasteiger partial charge in [0.15, 0.2) is 0 Å². The van der Waals surface area contributed by atoms with Crippen LogP contribution >= 0.6 is 0 Å². The zero-order valence-corrected chi connectivity index (χ0v) is 11.4. The molecule has 1 heterocycles. The van der Waals surface area contributed by atoms with E-state index in [9.17, 15) is 9.59 Å². The van der Waals surface area contributed by atoms with Gasteiger partial charge in [-0.05, 0) is 37.1 Å². The molecule has 0 radical (unpaired) electrons. The molecule has 0 saturated carbocycles. The summed E-state index contributed by atoms with van der Waals surface area (Å²) < 4.78 is 0. The maximum Gasteiger partial charge on any atom is 0.335 e. The zero-order chi connectivity index (χ0) is 14.9. The molecule has 0 bridgehead atoms. The molecule has 5 nitrogen and oxygen atoms in total. The van der Waals surface area contributed by atoms with Crippen molar-refractivity contribution in [3.8, 4) is 12.3 Å².